The van der Waals surface area contributed by atoms with Gasteiger partial charge in [0.1, 0.15) is 5.76 Å². The molecule has 0 spiro atoms. The normalized spacial score (nSPS) is 12.2. The lowest BCUT2D eigenvalue weighted by atomic mass is 10.1. The summed E-state index contributed by atoms with van der Waals surface area (Å²) >= 11 is 0. The smallest absolute Gasteiger partial charge is 0.242 e. The second-order valence-corrected chi connectivity index (χ2v) is 10.3. The summed E-state index contributed by atoms with van der Waals surface area (Å²) in [6, 6.07) is 20.8. The van der Waals surface area contributed by atoms with E-state index in [1.165, 1.54) is 5.56 Å². The van der Waals surface area contributed by atoms with Gasteiger partial charge in [-0.3, -0.25) is 0 Å². The Labute approximate surface area is 123 Å². The fraction of sp³-hybridized carbons (Fsp3) is 0.222. The van der Waals surface area contributed by atoms with Gasteiger partial charge >= 0.3 is 0 Å². The Morgan fingerprint density at radius 2 is 1.45 bits per heavy atom. The van der Waals surface area contributed by atoms with E-state index in [-0.39, 0.29) is 0 Å². The Balaban J connectivity index is 2.22. The van der Waals surface area contributed by atoms with Crippen LogP contribution in [0.3, 0.4) is 0 Å². The van der Waals surface area contributed by atoms with Gasteiger partial charge in [-0.1, -0.05) is 60.7 Å². The first-order valence-corrected chi connectivity index (χ1v) is 10.4. The molecule has 0 N–H and O–H groups in total. The monoisotopic (exact) mass is 282 g/mol. The van der Waals surface area contributed by atoms with E-state index in [4.69, 9.17) is 4.43 Å². The molecule has 2 heteroatoms. The highest BCUT2D eigenvalue weighted by atomic mass is 28.4. The third-order valence-corrected chi connectivity index (χ3v) is 3.67. The minimum Gasteiger partial charge on any atom is -0.544 e. The average molecular weight is 282 g/mol. The van der Waals surface area contributed by atoms with Gasteiger partial charge in [0.05, 0.1) is 0 Å². The first-order valence-electron chi connectivity index (χ1n) is 7.03. The van der Waals surface area contributed by atoms with Gasteiger partial charge in [0, 0.05) is 5.56 Å². The number of allylic oxidation sites excluding steroid dienone is 1. The van der Waals surface area contributed by atoms with E-state index in [1.807, 2.05) is 12.1 Å². The SMILES string of the molecule is C[Si](C)(C)O/C(=C/Cc1ccccc1)c1ccccc1. The zero-order chi connectivity index (χ0) is 14.4. The summed E-state index contributed by atoms with van der Waals surface area (Å²) in [6.45, 7) is 6.64. The van der Waals surface area contributed by atoms with Crippen molar-refractivity contribution in [1.29, 1.82) is 0 Å². The Morgan fingerprint density at radius 1 is 0.900 bits per heavy atom. The van der Waals surface area contributed by atoms with Crippen molar-refractivity contribution in [2.24, 2.45) is 0 Å². The maximum Gasteiger partial charge on any atom is 0.242 e. The fourth-order valence-electron chi connectivity index (χ4n) is 1.98. The lowest BCUT2D eigenvalue weighted by molar-refractivity contribution is 0.513. The fourth-order valence-corrected chi connectivity index (χ4v) is 2.84. The van der Waals surface area contributed by atoms with Gasteiger partial charge in [-0.15, -0.1) is 0 Å². The molecule has 0 aliphatic heterocycles. The van der Waals surface area contributed by atoms with Gasteiger partial charge in [0.25, 0.3) is 0 Å². The van der Waals surface area contributed by atoms with E-state index in [0.717, 1.165) is 17.7 Å². The molecule has 0 unspecified atom stereocenters. The van der Waals surface area contributed by atoms with Crippen molar-refractivity contribution < 1.29 is 4.43 Å². The maximum absolute atomic E-state index is 6.25. The first kappa shape index (κ1) is 14.6. The second-order valence-electron chi connectivity index (χ2n) is 5.84. The molecular weight excluding hydrogens is 260 g/mol. The summed E-state index contributed by atoms with van der Waals surface area (Å²) in [7, 11) is -1.61. The van der Waals surface area contributed by atoms with Gasteiger partial charge < -0.3 is 4.43 Å². The van der Waals surface area contributed by atoms with E-state index in [1.54, 1.807) is 0 Å². The van der Waals surface area contributed by atoms with Crippen LogP contribution in [0.2, 0.25) is 19.6 Å². The van der Waals surface area contributed by atoms with Gasteiger partial charge in [0.2, 0.25) is 8.32 Å². The van der Waals surface area contributed by atoms with Crippen LogP contribution in [0.25, 0.3) is 5.76 Å². The average Bonchev–Trinajstić information content (AvgIpc) is 2.44. The van der Waals surface area contributed by atoms with E-state index < -0.39 is 8.32 Å². The number of hydrogen-bond donors (Lipinski definition) is 0. The van der Waals surface area contributed by atoms with Crippen molar-refractivity contribution in [1.82, 2.24) is 0 Å². The molecule has 104 valence electrons. The van der Waals surface area contributed by atoms with E-state index in [9.17, 15) is 0 Å². The molecule has 2 rings (SSSR count). The Morgan fingerprint density at radius 3 is 2.00 bits per heavy atom. The van der Waals surface area contributed by atoms with Crippen molar-refractivity contribution in [2.45, 2.75) is 26.1 Å². The third kappa shape index (κ3) is 4.70. The van der Waals surface area contributed by atoms with Crippen LogP contribution in [0.15, 0.2) is 66.7 Å². The molecule has 0 aliphatic carbocycles. The van der Waals surface area contributed by atoms with Crippen LogP contribution in [0.1, 0.15) is 11.1 Å². The highest BCUT2D eigenvalue weighted by molar-refractivity contribution is 6.70. The highest BCUT2D eigenvalue weighted by Crippen LogP contribution is 2.21. The van der Waals surface area contributed by atoms with Gasteiger partial charge in [-0.05, 0) is 37.7 Å². The molecule has 0 saturated carbocycles. The Bertz CT molecular complexity index is 553. The van der Waals surface area contributed by atoms with E-state index in [0.29, 0.717) is 0 Å². The molecule has 0 amide bonds. The van der Waals surface area contributed by atoms with Crippen LogP contribution >= 0.6 is 0 Å². The number of rotatable bonds is 5. The van der Waals surface area contributed by atoms with Gasteiger partial charge in [-0.2, -0.15) is 0 Å². The molecule has 0 saturated heterocycles. The quantitative estimate of drug-likeness (QED) is 0.546. The van der Waals surface area contributed by atoms with E-state index in [2.05, 4.69) is 74.2 Å². The van der Waals surface area contributed by atoms with Gasteiger partial charge in [-0.25, -0.2) is 0 Å². The van der Waals surface area contributed by atoms with Crippen molar-refractivity contribution in [3.8, 4) is 0 Å². The molecule has 0 heterocycles. The highest BCUT2D eigenvalue weighted by Gasteiger charge is 2.18. The molecule has 1 nitrogen and oxygen atoms in total. The molecule has 2 aromatic rings. The summed E-state index contributed by atoms with van der Waals surface area (Å²) in [6.07, 6.45) is 3.10. The van der Waals surface area contributed by atoms with Crippen LogP contribution in [0.4, 0.5) is 0 Å². The predicted octanol–water partition coefficient (Wildman–Crippen LogP) is 5.12. The lowest BCUT2D eigenvalue weighted by Gasteiger charge is -2.22. The topological polar surface area (TPSA) is 9.23 Å². The van der Waals surface area contributed by atoms with E-state index >= 15 is 0 Å². The molecule has 0 aromatic heterocycles. The molecule has 0 fully saturated rings. The molecule has 0 aliphatic rings. The summed E-state index contributed by atoms with van der Waals surface area (Å²) in [5.41, 5.74) is 2.46. The number of benzene rings is 2. The van der Waals surface area contributed by atoms with Crippen LogP contribution in [0.5, 0.6) is 0 Å². The molecule has 20 heavy (non-hydrogen) atoms. The molecule has 0 atom stereocenters. The van der Waals surface area contributed by atoms with Crippen molar-refractivity contribution in [3.05, 3.63) is 77.9 Å². The summed E-state index contributed by atoms with van der Waals surface area (Å²) in [5.74, 6) is 1.01. The maximum atomic E-state index is 6.25. The minimum atomic E-state index is -1.61. The Hall–Kier alpha value is -1.80. The summed E-state index contributed by atoms with van der Waals surface area (Å²) in [4.78, 5) is 0. The molecule has 0 radical (unpaired) electrons. The summed E-state index contributed by atoms with van der Waals surface area (Å²) in [5, 5.41) is 0. The predicted molar refractivity (Wildman–Crippen MR) is 89.0 cm³/mol. The molecule has 0 bridgehead atoms. The third-order valence-electron chi connectivity index (χ3n) is 2.84. The van der Waals surface area contributed by atoms with Crippen LogP contribution < -0.4 is 0 Å². The van der Waals surface area contributed by atoms with Crippen molar-refractivity contribution in [2.75, 3.05) is 0 Å². The lowest BCUT2D eigenvalue weighted by Crippen LogP contribution is -2.24. The largest absolute Gasteiger partial charge is 0.544 e. The summed E-state index contributed by atoms with van der Waals surface area (Å²) < 4.78 is 6.25. The van der Waals surface area contributed by atoms with Crippen molar-refractivity contribution in [3.63, 3.8) is 0 Å². The molecule has 2 aromatic carbocycles. The minimum absolute atomic E-state index is 0.898. The van der Waals surface area contributed by atoms with Crippen molar-refractivity contribution >= 4 is 14.1 Å². The zero-order valence-corrected chi connectivity index (χ0v) is 13.5. The molecular formula is C18H22OSi. The van der Waals surface area contributed by atoms with Gasteiger partial charge in [0.15, 0.2) is 0 Å². The van der Waals surface area contributed by atoms with Crippen LogP contribution in [-0.4, -0.2) is 8.32 Å². The Kier molecular flexibility index (Phi) is 4.80. The second kappa shape index (κ2) is 6.57. The van der Waals surface area contributed by atoms with Crippen LogP contribution in [0, 0.1) is 0 Å². The standard InChI is InChI=1S/C18H22OSi/c1-20(2,3)19-18(17-12-8-5-9-13-17)15-14-16-10-6-4-7-11-16/h4-13,15H,14H2,1-3H3/b18-15+. The van der Waals surface area contributed by atoms with Crippen LogP contribution in [-0.2, 0) is 10.8 Å². The zero-order valence-electron chi connectivity index (χ0n) is 12.5. The number of hydrogen-bond acceptors (Lipinski definition) is 1. The first-order chi connectivity index (χ1) is 9.54.